The zero-order valence-electron chi connectivity index (χ0n) is 14.5. The Kier molecular flexibility index (Phi) is 6.83. The number of urea groups is 1. The third-order valence-electron chi connectivity index (χ3n) is 3.51. The number of nitrogens with one attached hydrogen (secondary N) is 3. The highest BCUT2D eigenvalue weighted by molar-refractivity contribution is 6.04. The molecule has 0 bridgehead atoms. The van der Waals surface area contributed by atoms with Crippen LogP contribution in [0.3, 0.4) is 0 Å². The van der Waals surface area contributed by atoms with Crippen molar-refractivity contribution in [1.29, 1.82) is 0 Å². The normalized spacial score (nSPS) is 10.0. The molecule has 2 rings (SSSR count). The summed E-state index contributed by atoms with van der Waals surface area (Å²) in [4.78, 5) is 23.5. The fourth-order valence-electron chi connectivity index (χ4n) is 2.07. The molecule has 0 radical (unpaired) electrons. The number of carbonyl (C=O) groups excluding carboxylic acids is 2. The molecule has 0 heterocycles. The summed E-state index contributed by atoms with van der Waals surface area (Å²) in [5.74, 6) is 0.557. The maximum atomic E-state index is 12.3. The van der Waals surface area contributed by atoms with E-state index in [0.29, 0.717) is 23.5 Å². The SMILES string of the molecule is CCCCOc1ccc(C(=O)Nc2ccc(NC(=O)NC)cc2)cc1. The largest absolute Gasteiger partial charge is 0.494 e. The average Bonchev–Trinajstić information content (AvgIpc) is 2.64. The minimum Gasteiger partial charge on any atom is -0.494 e. The second kappa shape index (κ2) is 9.32. The van der Waals surface area contributed by atoms with Gasteiger partial charge in [0, 0.05) is 24.0 Å². The van der Waals surface area contributed by atoms with Gasteiger partial charge in [-0.25, -0.2) is 4.79 Å². The summed E-state index contributed by atoms with van der Waals surface area (Å²) in [6, 6.07) is 13.7. The molecule has 0 aliphatic rings. The molecule has 0 atom stereocenters. The molecule has 0 saturated carbocycles. The molecular weight excluding hydrogens is 318 g/mol. The highest BCUT2D eigenvalue weighted by Crippen LogP contribution is 2.16. The first-order valence-corrected chi connectivity index (χ1v) is 8.25. The second-order valence-electron chi connectivity index (χ2n) is 5.46. The summed E-state index contributed by atoms with van der Waals surface area (Å²) >= 11 is 0. The first-order chi connectivity index (χ1) is 12.1. The van der Waals surface area contributed by atoms with E-state index in [-0.39, 0.29) is 11.9 Å². The van der Waals surface area contributed by atoms with Gasteiger partial charge in [-0.2, -0.15) is 0 Å². The Morgan fingerprint density at radius 3 is 2.08 bits per heavy atom. The predicted molar refractivity (Wildman–Crippen MR) is 99.3 cm³/mol. The van der Waals surface area contributed by atoms with E-state index in [1.807, 2.05) is 0 Å². The molecule has 3 N–H and O–H groups in total. The van der Waals surface area contributed by atoms with Gasteiger partial charge in [0.15, 0.2) is 0 Å². The summed E-state index contributed by atoms with van der Waals surface area (Å²) in [5.41, 5.74) is 1.84. The maximum Gasteiger partial charge on any atom is 0.318 e. The summed E-state index contributed by atoms with van der Waals surface area (Å²) < 4.78 is 5.58. The topological polar surface area (TPSA) is 79.5 Å². The van der Waals surface area contributed by atoms with E-state index in [2.05, 4.69) is 22.9 Å². The lowest BCUT2D eigenvalue weighted by atomic mass is 10.2. The lowest BCUT2D eigenvalue weighted by molar-refractivity contribution is 0.102. The molecule has 2 aromatic rings. The quantitative estimate of drug-likeness (QED) is 0.669. The number of hydrogen-bond acceptors (Lipinski definition) is 3. The fraction of sp³-hybridized carbons (Fsp3) is 0.263. The Labute approximate surface area is 147 Å². The molecule has 0 fully saturated rings. The van der Waals surface area contributed by atoms with Crippen molar-refractivity contribution in [2.24, 2.45) is 0 Å². The van der Waals surface area contributed by atoms with Crippen LogP contribution in [0.1, 0.15) is 30.1 Å². The number of amides is 3. The first kappa shape index (κ1) is 18.3. The summed E-state index contributed by atoms with van der Waals surface area (Å²) in [7, 11) is 1.55. The van der Waals surface area contributed by atoms with Crippen LogP contribution in [0.5, 0.6) is 5.75 Å². The van der Waals surface area contributed by atoms with Gasteiger partial charge in [0.25, 0.3) is 5.91 Å². The number of unbranched alkanes of at least 4 members (excludes halogenated alkanes) is 1. The molecule has 25 heavy (non-hydrogen) atoms. The van der Waals surface area contributed by atoms with Gasteiger partial charge in [-0.15, -0.1) is 0 Å². The minimum absolute atomic E-state index is 0.202. The van der Waals surface area contributed by atoms with Gasteiger partial charge in [-0.05, 0) is 55.0 Å². The van der Waals surface area contributed by atoms with Crippen molar-refractivity contribution in [3.63, 3.8) is 0 Å². The lowest BCUT2D eigenvalue weighted by Crippen LogP contribution is -2.24. The van der Waals surface area contributed by atoms with Crippen LogP contribution in [0.4, 0.5) is 16.2 Å². The van der Waals surface area contributed by atoms with Gasteiger partial charge in [-0.3, -0.25) is 4.79 Å². The van der Waals surface area contributed by atoms with E-state index in [4.69, 9.17) is 4.74 Å². The van der Waals surface area contributed by atoms with Crippen molar-refractivity contribution >= 4 is 23.3 Å². The second-order valence-corrected chi connectivity index (χ2v) is 5.46. The van der Waals surface area contributed by atoms with Gasteiger partial charge in [0.2, 0.25) is 0 Å². The first-order valence-electron chi connectivity index (χ1n) is 8.25. The van der Waals surface area contributed by atoms with E-state index in [1.54, 1.807) is 55.6 Å². The average molecular weight is 341 g/mol. The number of hydrogen-bond donors (Lipinski definition) is 3. The van der Waals surface area contributed by atoms with Crippen LogP contribution < -0.4 is 20.7 Å². The molecule has 0 aromatic heterocycles. The Balaban J connectivity index is 1.91. The standard InChI is InChI=1S/C19H23N3O3/c1-3-4-13-25-17-11-5-14(6-12-17)18(23)21-15-7-9-16(10-8-15)22-19(24)20-2/h5-12H,3-4,13H2,1-2H3,(H,21,23)(H2,20,22,24). The number of ether oxygens (including phenoxy) is 1. The Morgan fingerprint density at radius 1 is 0.920 bits per heavy atom. The molecule has 0 spiro atoms. The Morgan fingerprint density at radius 2 is 1.52 bits per heavy atom. The van der Waals surface area contributed by atoms with Gasteiger partial charge in [-0.1, -0.05) is 13.3 Å². The molecule has 132 valence electrons. The summed E-state index contributed by atoms with van der Waals surface area (Å²) in [5, 5.41) is 7.94. The molecular formula is C19H23N3O3. The van der Waals surface area contributed by atoms with E-state index in [0.717, 1.165) is 18.6 Å². The monoisotopic (exact) mass is 341 g/mol. The van der Waals surface area contributed by atoms with Crippen LogP contribution in [0.25, 0.3) is 0 Å². The highest BCUT2D eigenvalue weighted by atomic mass is 16.5. The van der Waals surface area contributed by atoms with E-state index in [9.17, 15) is 9.59 Å². The van der Waals surface area contributed by atoms with Gasteiger partial charge in [0.1, 0.15) is 5.75 Å². The third-order valence-corrected chi connectivity index (χ3v) is 3.51. The maximum absolute atomic E-state index is 12.3. The van der Waals surface area contributed by atoms with Crippen molar-refractivity contribution in [3.8, 4) is 5.75 Å². The molecule has 6 nitrogen and oxygen atoms in total. The number of carbonyl (C=O) groups is 2. The zero-order valence-corrected chi connectivity index (χ0v) is 14.5. The van der Waals surface area contributed by atoms with E-state index >= 15 is 0 Å². The molecule has 0 aliphatic heterocycles. The molecule has 3 amide bonds. The fourth-order valence-corrected chi connectivity index (χ4v) is 2.07. The molecule has 2 aromatic carbocycles. The molecule has 0 aliphatic carbocycles. The van der Waals surface area contributed by atoms with E-state index in [1.165, 1.54) is 0 Å². The Hall–Kier alpha value is -3.02. The number of rotatable bonds is 7. The van der Waals surface area contributed by atoms with Crippen LogP contribution in [0.15, 0.2) is 48.5 Å². The van der Waals surface area contributed by atoms with E-state index < -0.39 is 0 Å². The van der Waals surface area contributed by atoms with Crippen LogP contribution >= 0.6 is 0 Å². The third kappa shape index (κ3) is 5.84. The van der Waals surface area contributed by atoms with Crippen molar-refractivity contribution in [1.82, 2.24) is 5.32 Å². The summed E-state index contributed by atoms with van der Waals surface area (Å²) in [6.07, 6.45) is 2.09. The smallest absolute Gasteiger partial charge is 0.318 e. The highest BCUT2D eigenvalue weighted by Gasteiger charge is 2.07. The minimum atomic E-state index is -0.293. The number of anilines is 2. The summed E-state index contributed by atoms with van der Waals surface area (Å²) in [6.45, 7) is 2.79. The van der Waals surface area contributed by atoms with Crippen LogP contribution in [0, 0.1) is 0 Å². The van der Waals surface area contributed by atoms with Gasteiger partial charge in [0.05, 0.1) is 6.61 Å². The van der Waals surface area contributed by atoms with Crippen LogP contribution in [-0.2, 0) is 0 Å². The van der Waals surface area contributed by atoms with Crippen molar-refractivity contribution in [2.75, 3.05) is 24.3 Å². The molecule has 0 unspecified atom stereocenters. The van der Waals surface area contributed by atoms with Crippen LogP contribution in [0.2, 0.25) is 0 Å². The zero-order chi connectivity index (χ0) is 18.1. The van der Waals surface area contributed by atoms with Crippen molar-refractivity contribution in [2.45, 2.75) is 19.8 Å². The Bertz CT molecular complexity index is 697. The van der Waals surface area contributed by atoms with Gasteiger partial charge < -0.3 is 20.7 Å². The van der Waals surface area contributed by atoms with Crippen molar-refractivity contribution < 1.29 is 14.3 Å². The van der Waals surface area contributed by atoms with Crippen molar-refractivity contribution in [3.05, 3.63) is 54.1 Å². The predicted octanol–water partition coefficient (Wildman–Crippen LogP) is 3.87. The molecule has 0 saturated heterocycles. The van der Waals surface area contributed by atoms with Gasteiger partial charge >= 0.3 is 6.03 Å². The number of benzene rings is 2. The molecule has 6 heteroatoms. The van der Waals surface area contributed by atoms with Crippen LogP contribution in [-0.4, -0.2) is 25.6 Å². The lowest BCUT2D eigenvalue weighted by Gasteiger charge is -2.09.